The summed E-state index contributed by atoms with van der Waals surface area (Å²) in [5, 5.41) is 8.62. The Labute approximate surface area is 128 Å². The number of aliphatic hydroxyl groups is 1. The van der Waals surface area contributed by atoms with Crippen LogP contribution in [0.4, 0.5) is 0 Å². The number of hydrogen-bond acceptors (Lipinski definition) is 6. The summed E-state index contributed by atoms with van der Waals surface area (Å²) in [7, 11) is -3.70. The number of thiophene rings is 1. The molecule has 0 saturated carbocycles. The molecule has 0 atom stereocenters. The molecule has 0 aliphatic heterocycles. The Hall–Kier alpha value is -1.40. The lowest BCUT2D eigenvalue weighted by Crippen LogP contribution is -2.30. The first kappa shape index (κ1) is 17.7. The molecule has 0 unspecified atom stereocenters. The smallest absolute Gasteiger partial charge is 0.322 e. The van der Waals surface area contributed by atoms with Crippen LogP contribution in [0.15, 0.2) is 12.1 Å². The molecule has 0 fully saturated rings. The van der Waals surface area contributed by atoms with Crippen molar-refractivity contribution < 1.29 is 23.1 Å². The first-order valence-electron chi connectivity index (χ1n) is 6.28. The predicted molar refractivity (Wildman–Crippen MR) is 80.2 cm³/mol. The van der Waals surface area contributed by atoms with E-state index in [0.29, 0.717) is 6.42 Å². The zero-order valence-electron chi connectivity index (χ0n) is 11.6. The van der Waals surface area contributed by atoms with Crippen LogP contribution in [-0.4, -0.2) is 38.5 Å². The second-order valence-corrected chi connectivity index (χ2v) is 6.90. The molecule has 6 nitrogen and oxygen atoms in total. The van der Waals surface area contributed by atoms with E-state index in [1.54, 1.807) is 19.1 Å². The Morgan fingerprint density at radius 1 is 1.48 bits per heavy atom. The van der Waals surface area contributed by atoms with Gasteiger partial charge in [-0.2, -0.15) is 0 Å². The number of sulfonamides is 1. The molecule has 0 saturated heterocycles. The van der Waals surface area contributed by atoms with E-state index in [-0.39, 0.29) is 19.8 Å². The average molecular weight is 331 g/mol. The average Bonchev–Trinajstić information content (AvgIpc) is 2.84. The van der Waals surface area contributed by atoms with E-state index in [4.69, 9.17) is 5.11 Å². The Balaban J connectivity index is 2.52. The second-order valence-electron chi connectivity index (χ2n) is 3.93. The molecule has 0 aliphatic carbocycles. The topological polar surface area (TPSA) is 92.7 Å². The molecule has 21 heavy (non-hydrogen) atoms. The minimum absolute atomic E-state index is 0.0128. The second kappa shape index (κ2) is 8.79. The van der Waals surface area contributed by atoms with Crippen LogP contribution in [0.2, 0.25) is 0 Å². The highest BCUT2D eigenvalue weighted by Crippen LogP contribution is 2.15. The van der Waals surface area contributed by atoms with Gasteiger partial charge in [0.1, 0.15) is 0 Å². The monoisotopic (exact) mass is 331 g/mol. The van der Waals surface area contributed by atoms with Crippen molar-refractivity contribution in [3.8, 4) is 11.8 Å². The van der Waals surface area contributed by atoms with Crippen molar-refractivity contribution in [3.63, 3.8) is 0 Å². The highest BCUT2D eigenvalue weighted by atomic mass is 32.2. The maximum absolute atomic E-state index is 11.6. The number of nitrogens with one attached hydrogen (secondary N) is 1. The van der Waals surface area contributed by atoms with E-state index in [9.17, 15) is 13.2 Å². The number of rotatable bonds is 7. The third kappa shape index (κ3) is 7.24. The molecule has 0 amide bonds. The molecular formula is C13H17NO5S2. The minimum Gasteiger partial charge on any atom is -0.465 e. The van der Waals surface area contributed by atoms with E-state index in [2.05, 4.69) is 21.3 Å². The normalized spacial score (nSPS) is 10.8. The van der Waals surface area contributed by atoms with E-state index >= 15 is 0 Å². The molecule has 2 N–H and O–H groups in total. The van der Waals surface area contributed by atoms with Crippen LogP contribution < -0.4 is 4.72 Å². The summed E-state index contributed by atoms with van der Waals surface area (Å²) in [5.74, 6) is 4.20. The maximum atomic E-state index is 11.6. The fraction of sp³-hybridized carbons (Fsp3) is 0.462. The van der Waals surface area contributed by atoms with Crippen molar-refractivity contribution in [2.75, 3.05) is 19.0 Å². The van der Waals surface area contributed by atoms with Crippen LogP contribution in [0.25, 0.3) is 0 Å². The third-order valence-corrected chi connectivity index (χ3v) is 4.39. The molecule has 0 aromatic carbocycles. The van der Waals surface area contributed by atoms with Crippen molar-refractivity contribution in [3.05, 3.63) is 21.9 Å². The van der Waals surface area contributed by atoms with Crippen molar-refractivity contribution >= 4 is 27.3 Å². The lowest BCUT2D eigenvalue weighted by molar-refractivity contribution is -0.139. The Kier molecular flexibility index (Phi) is 7.39. The summed E-state index contributed by atoms with van der Waals surface area (Å²) >= 11 is 1.35. The van der Waals surface area contributed by atoms with E-state index in [1.807, 2.05) is 0 Å². The van der Waals surface area contributed by atoms with Crippen molar-refractivity contribution in [1.82, 2.24) is 4.72 Å². The quantitative estimate of drug-likeness (QED) is 0.559. The van der Waals surface area contributed by atoms with E-state index < -0.39 is 21.7 Å². The van der Waals surface area contributed by atoms with Crippen LogP contribution in [0, 0.1) is 11.8 Å². The first-order valence-corrected chi connectivity index (χ1v) is 8.75. The van der Waals surface area contributed by atoms with Gasteiger partial charge in [0.15, 0.2) is 5.75 Å². The summed E-state index contributed by atoms with van der Waals surface area (Å²) in [6, 6.07) is 3.55. The van der Waals surface area contributed by atoms with Crippen LogP contribution in [-0.2, 0) is 26.1 Å². The summed E-state index contributed by atoms with van der Waals surface area (Å²) in [6.07, 6.45) is 0.402. The Morgan fingerprint density at radius 2 is 2.24 bits per heavy atom. The van der Waals surface area contributed by atoms with Crippen molar-refractivity contribution in [2.45, 2.75) is 19.9 Å². The summed E-state index contributed by atoms with van der Waals surface area (Å²) in [6.45, 7) is 1.88. The number of hydrogen-bond donors (Lipinski definition) is 2. The van der Waals surface area contributed by atoms with Crippen molar-refractivity contribution in [1.29, 1.82) is 0 Å². The fourth-order valence-electron chi connectivity index (χ4n) is 1.34. The van der Waals surface area contributed by atoms with Crippen molar-refractivity contribution in [2.24, 2.45) is 0 Å². The number of carbonyl (C=O) groups is 1. The van der Waals surface area contributed by atoms with Gasteiger partial charge in [0.05, 0.1) is 18.1 Å². The van der Waals surface area contributed by atoms with Gasteiger partial charge in [0, 0.05) is 17.8 Å². The SMILES string of the molecule is CCOC(=O)CS(=O)(=O)NCc1ccc(C#CCCO)s1. The number of ether oxygens (including phenoxy) is 1. The molecule has 0 bridgehead atoms. The van der Waals surface area contributed by atoms with Gasteiger partial charge < -0.3 is 9.84 Å². The molecule has 1 aromatic rings. The first-order chi connectivity index (χ1) is 9.96. The van der Waals surface area contributed by atoms with Gasteiger partial charge in [-0.1, -0.05) is 11.8 Å². The molecule has 1 rings (SSSR count). The maximum Gasteiger partial charge on any atom is 0.322 e. The summed E-state index contributed by atoms with van der Waals surface area (Å²) < 4.78 is 30.2. The highest BCUT2D eigenvalue weighted by molar-refractivity contribution is 7.90. The molecule has 0 aliphatic rings. The van der Waals surface area contributed by atoms with Crippen LogP contribution in [0.5, 0.6) is 0 Å². The van der Waals surface area contributed by atoms with Gasteiger partial charge in [0.25, 0.3) is 0 Å². The van der Waals surface area contributed by atoms with Crippen LogP contribution in [0.1, 0.15) is 23.1 Å². The van der Waals surface area contributed by atoms with E-state index in [0.717, 1.165) is 9.75 Å². The molecule has 8 heteroatoms. The van der Waals surface area contributed by atoms with Gasteiger partial charge in [-0.3, -0.25) is 4.79 Å². The van der Waals surface area contributed by atoms with Gasteiger partial charge in [0.2, 0.25) is 10.0 Å². The minimum atomic E-state index is -3.70. The van der Waals surface area contributed by atoms with Gasteiger partial charge in [-0.15, -0.1) is 11.3 Å². The predicted octanol–water partition coefficient (Wildman–Crippen LogP) is 0.464. The molecule has 1 aromatic heterocycles. The number of esters is 1. The highest BCUT2D eigenvalue weighted by Gasteiger charge is 2.17. The van der Waals surface area contributed by atoms with Gasteiger partial charge in [-0.05, 0) is 19.1 Å². The van der Waals surface area contributed by atoms with Gasteiger partial charge in [-0.25, -0.2) is 13.1 Å². The lowest BCUT2D eigenvalue weighted by atomic mass is 10.4. The van der Waals surface area contributed by atoms with E-state index in [1.165, 1.54) is 11.3 Å². The fourth-order valence-corrected chi connectivity index (χ4v) is 3.12. The molecule has 0 spiro atoms. The Bertz CT molecular complexity index is 624. The van der Waals surface area contributed by atoms with Gasteiger partial charge >= 0.3 is 5.97 Å². The summed E-state index contributed by atoms with van der Waals surface area (Å²) in [5.41, 5.74) is 0. The zero-order valence-corrected chi connectivity index (χ0v) is 13.2. The lowest BCUT2D eigenvalue weighted by Gasteiger charge is -2.04. The largest absolute Gasteiger partial charge is 0.465 e. The third-order valence-electron chi connectivity index (χ3n) is 2.19. The molecular weight excluding hydrogens is 314 g/mol. The van der Waals surface area contributed by atoms with Crippen LogP contribution in [0.3, 0.4) is 0 Å². The van der Waals surface area contributed by atoms with Crippen LogP contribution >= 0.6 is 11.3 Å². The zero-order chi connectivity index (χ0) is 15.7. The standard InChI is InChI=1S/C13H17NO5S2/c1-2-19-13(16)10-21(17,18)14-9-12-7-6-11(20-12)5-3-4-8-15/h6-7,14-15H,2,4,8-10H2,1H3. The molecule has 1 heterocycles. The molecule has 0 radical (unpaired) electrons. The number of aliphatic hydroxyl groups excluding tert-OH is 1. The summed E-state index contributed by atoms with van der Waals surface area (Å²) in [4.78, 5) is 12.7. The number of carbonyl (C=O) groups excluding carboxylic acids is 1. The Morgan fingerprint density at radius 3 is 2.90 bits per heavy atom. The molecule has 116 valence electrons.